The first kappa shape index (κ1) is 31.9. The average molecular weight is 656 g/mol. The predicted molar refractivity (Wildman–Crippen MR) is 176 cm³/mol. The molecule has 1 fully saturated rings. The molecule has 0 amide bonds. The van der Waals surface area contributed by atoms with Crippen LogP contribution in [-0.2, 0) is 19.7 Å². The largest absolute Gasteiger partial charge is 0.478 e. The average Bonchev–Trinajstić information content (AvgIpc) is 3.66. The van der Waals surface area contributed by atoms with Gasteiger partial charge in [0, 0.05) is 30.4 Å². The van der Waals surface area contributed by atoms with E-state index >= 15 is 0 Å². The van der Waals surface area contributed by atoms with Gasteiger partial charge in [-0.2, -0.15) is 5.26 Å². The van der Waals surface area contributed by atoms with Crippen molar-refractivity contribution < 1.29 is 19.0 Å². The van der Waals surface area contributed by atoms with Gasteiger partial charge in [-0.25, -0.2) is 30.0 Å². The SMILES string of the molecule is CCN(N)/C(=C\N)Cn1c(CN2CCC(c3cccc(OCc4nc5c(F)cc(C#N)cc5s4)n3)CC2)nc2ccc(C(=O)O)cc21. The summed E-state index contributed by atoms with van der Waals surface area (Å²) >= 11 is 1.29. The van der Waals surface area contributed by atoms with Crippen LogP contribution in [0.5, 0.6) is 5.88 Å². The quantitative estimate of drug-likeness (QED) is 0.133. The molecule has 1 aliphatic rings. The van der Waals surface area contributed by atoms with Crippen molar-refractivity contribution in [2.75, 3.05) is 19.6 Å². The summed E-state index contributed by atoms with van der Waals surface area (Å²) in [6.07, 6.45) is 3.25. The first-order valence-corrected chi connectivity index (χ1v) is 16.0. The Morgan fingerprint density at radius 2 is 2.02 bits per heavy atom. The standard InChI is InChI=1S/C33H34FN9O3S/c1-2-43(37)23(16-36)17-42-27-14-22(33(44)45)6-7-26(27)38-29(42)18-41-10-8-21(9-11-41)25-4-3-5-30(39-25)46-19-31-40-32-24(34)12-20(15-35)13-28(32)47-31/h3-7,12-14,16,21H,2,8-11,17-19,36-37H2,1H3,(H,44,45)/b23-16-. The van der Waals surface area contributed by atoms with Crippen LogP contribution in [0.2, 0.25) is 0 Å². The van der Waals surface area contributed by atoms with Gasteiger partial charge in [0.1, 0.15) is 23.0 Å². The zero-order valence-corrected chi connectivity index (χ0v) is 26.6. The number of likely N-dealkylation sites (tertiary alicyclic amines) is 1. The Kier molecular flexibility index (Phi) is 9.30. The number of thiazole rings is 1. The second kappa shape index (κ2) is 13.7. The molecule has 12 nitrogen and oxygen atoms in total. The topological polar surface area (TPSA) is 172 Å². The van der Waals surface area contributed by atoms with Crippen molar-refractivity contribution in [2.45, 2.75) is 45.4 Å². The van der Waals surface area contributed by atoms with Gasteiger partial charge in [0.15, 0.2) is 5.82 Å². The van der Waals surface area contributed by atoms with Crippen LogP contribution < -0.4 is 16.3 Å². The van der Waals surface area contributed by atoms with Gasteiger partial charge in [-0.1, -0.05) is 6.07 Å². The van der Waals surface area contributed by atoms with E-state index in [-0.39, 0.29) is 29.2 Å². The maximum absolute atomic E-state index is 14.3. The Bertz CT molecular complexity index is 2010. The van der Waals surface area contributed by atoms with Crippen molar-refractivity contribution in [3.05, 3.63) is 93.9 Å². The molecule has 0 bridgehead atoms. The van der Waals surface area contributed by atoms with E-state index in [1.165, 1.54) is 23.6 Å². The van der Waals surface area contributed by atoms with Gasteiger partial charge < -0.3 is 25.2 Å². The molecule has 0 unspecified atom stereocenters. The van der Waals surface area contributed by atoms with E-state index in [9.17, 15) is 14.3 Å². The van der Waals surface area contributed by atoms with Crippen LogP contribution in [0.4, 0.5) is 4.39 Å². The fourth-order valence-corrected chi connectivity index (χ4v) is 6.76. The minimum atomic E-state index is -1.00. The van der Waals surface area contributed by atoms with Crippen molar-refractivity contribution in [3.63, 3.8) is 0 Å². The molecule has 242 valence electrons. The number of aromatic nitrogens is 4. The van der Waals surface area contributed by atoms with E-state index in [1.807, 2.05) is 29.7 Å². The molecule has 4 heterocycles. The zero-order valence-electron chi connectivity index (χ0n) is 25.8. The number of likely N-dealkylation sites (N-methyl/N-ethyl adjacent to an activating group) is 1. The summed E-state index contributed by atoms with van der Waals surface area (Å²) in [7, 11) is 0. The Hall–Kier alpha value is -5.10. The second-order valence-electron chi connectivity index (χ2n) is 11.3. The highest BCUT2D eigenvalue weighted by Gasteiger charge is 2.25. The number of allylic oxidation sites excluding steroid dienone is 1. The molecule has 1 aliphatic heterocycles. The van der Waals surface area contributed by atoms with Crippen LogP contribution in [0, 0.1) is 17.1 Å². The number of nitrogens with zero attached hydrogens (tertiary/aromatic N) is 7. The molecule has 6 rings (SSSR count). The number of rotatable bonds is 11. The highest BCUT2D eigenvalue weighted by Crippen LogP contribution is 2.31. The van der Waals surface area contributed by atoms with E-state index in [0.29, 0.717) is 52.0 Å². The minimum absolute atomic E-state index is 0.145. The highest BCUT2D eigenvalue weighted by molar-refractivity contribution is 7.18. The van der Waals surface area contributed by atoms with Crippen LogP contribution in [0.15, 0.2) is 60.4 Å². The fraction of sp³-hybridized carbons (Fsp3) is 0.303. The van der Waals surface area contributed by atoms with E-state index in [2.05, 4.69) is 9.88 Å². The van der Waals surface area contributed by atoms with Crippen molar-refractivity contribution in [1.29, 1.82) is 5.26 Å². The van der Waals surface area contributed by atoms with Crippen LogP contribution in [0.3, 0.4) is 0 Å². The van der Waals surface area contributed by atoms with Crippen LogP contribution >= 0.6 is 11.3 Å². The lowest BCUT2D eigenvalue weighted by molar-refractivity contribution is 0.0697. The lowest BCUT2D eigenvalue weighted by atomic mass is 9.93. The number of hydrogen-bond donors (Lipinski definition) is 3. The number of piperidine rings is 1. The number of carboxylic acid groups (broad SMARTS) is 1. The molecule has 0 aliphatic carbocycles. The number of aromatic carboxylic acids is 1. The summed E-state index contributed by atoms with van der Waals surface area (Å²) in [6.45, 7) is 5.21. The molecule has 47 heavy (non-hydrogen) atoms. The van der Waals surface area contributed by atoms with Crippen molar-refractivity contribution >= 4 is 38.6 Å². The number of carboxylic acids is 1. The first-order chi connectivity index (χ1) is 22.8. The van der Waals surface area contributed by atoms with Gasteiger partial charge in [0.05, 0.1) is 51.7 Å². The van der Waals surface area contributed by atoms with Gasteiger partial charge in [0.25, 0.3) is 0 Å². The Balaban J connectivity index is 1.12. The molecule has 5 N–H and O–H groups in total. The summed E-state index contributed by atoms with van der Waals surface area (Å²) in [5.74, 6) is 6.17. The third kappa shape index (κ3) is 6.87. The number of imidazole rings is 1. The molecular formula is C33H34FN9O3S. The number of hydrazine groups is 1. The number of carbonyl (C=O) groups is 1. The lowest BCUT2D eigenvalue weighted by Gasteiger charge is -2.31. The molecule has 0 spiro atoms. The van der Waals surface area contributed by atoms with Gasteiger partial charge in [0.2, 0.25) is 5.88 Å². The number of pyridine rings is 1. The number of nitriles is 1. The first-order valence-electron chi connectivity index (χ1n) is 15.2. The number of halogens is 1. The highest BCUT2D eigenvalue weighted by atomic mass is 32.1. The zero-order chi connectivity index (χ0) is 33.1. The van der Waals surface area contributed by atoms with Crippen molar-refractivity contribution in [2.24, 2.45) is 11.6 Å². The third-order valence-corrected chi connectivity index (χ3v) is 9.35. The van der Waals surface area contributed by atoms with Gasteiger partial charge >= 0.3 is 5.97 Å². The number of hydrogen-bond acceptors (Lipinski definition) is 11. The molecular weight excluding hydrogens is 621 g/mol. The predicted octanol–water partition coefficient (Wildman–Crippen LogP) is 4.70. The Morgan fingerprint density at radius 1 is 1.21 bits per heavy atom. The maximum Gasteiger partial charge on any atom is 0.335 e. The summed E-state index contributed by atoms with van der Waals surface area (Å²) < 4.78 is 22.9. The number of fused-ring (bicyclic) bond motifs is 2. The molecule has 3 aromatic heterocycles. The fourth-order valence-electron chi connectivity index (χ4n) is 5.83. The van der Waals surface area contributed by atoms with E-state index in [1.54, 1.807) is 35.3 Å². The summed E-state index contributed by atoms with van der Waals surface area (Å²) in [6, 6.07) is 15.5. The Morgan fingerprint density at radius 3 is 2.74 bits per heavy atom. The van der Waals surface area contributed by atoms with Crippen LogP contribution in [-0.4, -0.2) is 60.1 Å². The molecule has 5 aromatic rings. The van der Waals surface area contributed by atoms with E-state index in [4.69, 9.17) is 31.5 Å². The molecule has 2 aromatic carbocycles. The molecule has 14 heteroatoms. The molecule has 0 atom stereocenters. The van der Waals surface area contributed by atoms with Crippen molar-refractivity contribution in [1.82, 2.24) is 29.4 Å². The third-order valence-electron chi connectivity index (χ3n) is 8.38. The number of ether oxygens (including phenoxy) is 1. The van der Waals surface area contributed by atoms with Crippen LogP contribution in [0.25, 0.3) is 21.3 Å². The van der Waals surface area contributed by atoms with Crippen LogP contribution in [0.1, 0.15) is 58.1 Å². The summed E-state index contributed by atoms with van der Waals surface area (Å²) in [5, 5.41) is 20.9. The monoisotopic (exact) mass is 655 g/mol. The van der Waals surface area contributed by atoms with Gasteiger partial charge in [-0.3, -0.25) is 4.90 Å². The van der Waals surface area contributed by atoms with Gasteiger partial charge in [-0.05, 0) is 69.3 Å². The summed E-state index contributed by atoms with van der Waals surface area (Å²) in [5.41, 5.74) is 9.67. The maximum atomic E-state index is 14.3. The Labute approximate surface area is 274 Å². The molecule has 0 radical (unpaired) electrons. The van der Waals surface area contributed by atoms with Gasteiger partial charge in [-0.15, -0.1) is 11.3 Å². The van der Waals surface area contributed by atoms with E-state index < -0.39 is 11.8 Å². The smallest absolute Gasteiger partial charge is 0.335 e. The lowest BCUT2D eigenvalue weighted by Crippen LogP contribution is -2.35. The van der Waals surface area contributed by atoms with Crippen molar-refractivity contribution in [3.8, 4) is 11.9 Å². The number of benzene rings is 2. The normalized spacial score (nSPS) is 14.5. The summed E-state index contributed by atoms with van der Waals surface area (Å²) in [4.78, 5) is 28.0. The van der Waals surface area contributed by atoms with E-state index in [0.717, 1.165) is 37.4 Å². The molecule has 1 saturated heterocycles. The number of nitrogens with two attached hydrogens (primary N) is 2. The molecule has 0 saturated carbocycles. The minimum Gasteiger partial charge on any atom is -0.478 e. The second-order valence-corrected chi connectivity index (χ2v) is 12.4.